The lowest BCUT2D eigenvalue weighted by Crippen LogP contribution is -2.04. The summed E-state index contributed by atoms with van der Waals surface area (Å²) in [4.78, 5) is 0. The number of hydrogen-bond donors (Lipinski definition) is 0. The number of hydrogen-bond acceptors (Lipinski definition) is 1. The van der Waals surface area contributed by atoms with E-state index >= 15 is 0 Å². The molecule has 1 atom stereocenters. The second-order valence-corrected chi connectivity index (χ2v) is 4.10. The van der Waals surface area contributed by atoms with Crippen molar-refractivity contribution in [3.05, 3.63) is 22.1 Å². The lowest BCUT2D eigenvalue weighted by molar-refractivity contribution is 1.07. The third kappa shape index (κ3) is 1.29. The van der Waals surface area contributed by atoms with Crippen molar-refractivity contribution < 1.29 is 0 Å². The van der Waals surface area contributed by atoms with Crippen molar-refractivity contribution in [1.82, 2.24) is 0 Å². The zero-order valence-electron chi connectivity index (χ0n) is 7.06. The van der Waals surface area contributed by atoms with Gasteiger partial charge in [-0.15, -0.1) is 11.8 Å². The van der Waals surface area contributed by atoms with Crippen LogP contribution in [0.2, 0.25) is 0 Å². The molecule has 0 saturated carbocycles. The average Bonchev–Trinajstić information content (AvgIpc) is 1.93. The Balaban J connectivity index is 2.94. The lowest BCUT2D eigenvalue weighted by atomic mass is 10.0. The fourth-order valence-corrected chi connectivity index (χ4v) is 1.98. The SMILES string of the molecule is CC1=CSC(C)C(C)=C1C. The minimum absolute atomic E-state index is 0.684. The summed E-state index contributed by atoms with van der Waals surface area (Å²) >= 11 is 1.92. The minimum atomic E-state index is 0.684. The fraction of sp³-hybridized carbons (Fsp3) is 0.556. The molecule has 0 nitrogen and oxygen atoms in total. The molecule has 0 radical (unpaired) electrons. The fourth-order valence-electron chi connectivity index (χ4n) is 1.01. The van der Waals surface area contributed by atoms with Gasteiger partial charge in [-0.1, -0.05) is 5.57 Å². The van der Waals surface area contributed by atoms with Crippen LogP contribution in [0.5, 0.6) is 0 Å². The van der Waals surface area contributed by atoms with Gasteiger partial charge in [-0.3, -0.25) is 0 Å². The Kier molecular flexibility index (Phi) is 2.24. The normalized spacial score (nSPS) is 26.8. The smallest absolute Gasteiger partial charge is 0.0272 e. The van der Waals surface area contributed by atoms with Crippen LogP contribution in [0, 0.1) is 0 Å². The van der Waals surface area contributed by atoms with Gasteiger partial charge < -0.3 is 0 Å². The van der Waals surface area contributed by atoms with Crippen LogP contribution in [-0.4, -0.2) is 5.25 Å². The van der Waals surface area contributed by atoms with E-state index in [4.69, 9.17) is 0 Å². The number of thioether (sulfide) groups is 1. The van der Waals surface area contributed by atoms with Crippen LogP contribution in [0.4, 0.5) is 0 Å². The van der Waals surface area contributed by atoms with Gasteiger partial charge in [-0.05, 0) is 44.2 Å². The molecule has 1 heterocycles. The Labute approximate surface area is 67.4 Å². The highest BCUT2D eigenvalue weighted by Gasteiger charge is 2.12. The van der Waals surface area contributed by atoms with Crippen LogP contribution in [-0.2, 0) is 0 Å². The highest BCUT2D eigenvalue weighted by Crippen LogP contribution is 2.32. The standard InChI is InChI=1S/C9H14S/c1-6-5-10-9(4)8(3)7(6)2/h5,9H,1-4H3. The molecule has 1 heteroatoms. The molecule has 0 spiro atoms. The average molecular weight is 154 g/mol. The van der Waals surface area contributed by atoms with E-state index in [1.807, 2.05) is 11.8 Å². The van der Waals surface area contributed by atoms with Crippen LogP contribution in [0.1, 0.15) is 27.7 Å². The van der Waals surface area contributed by atoms with Crippen molar-refractivity contribution in [2.75, 3.05) is 0 Å². The highest BCUT2D eigenvalue weighted by molar-refractivity contribution is 8.03. The van der Waals surface area contributed by atoms with E-state index in [0.29, 0.717) is 5.25 Å². The van der Waals surface area contributed by atoms with Crippen LogP contribution in [0.25, 0.3) is 0 Å². The molecule has 1 aliphatic rings. The molecular formula is C9H14S. The summed E-state index contributed by atoms with van der Waals surface area (Å²) in [6.07, 6.45) is 0. The maximum atomic E-state index is 2.26. The van der Waals surface area contributed by atoms with E-state index in [9.17, 15) is 0 Å². The summed E-state index contributed by atoms with van der Waals surface area (Å²) in [5, 5.41) is 2.94. The van der Waals surface area contributed by atoms with Crippen molar-refractivity contribution in [2.24, 2.45) is 0 Å². The number of rotatable bonds is 0. The van der Waals surface area contributed by atoms with E-state index in [2.05, 4.69) is 33.1 Å². The molecule has 0 aliphatic carbocycles. The van der Waals surface area contributed by atoms with Crippen molar-refractivity contribution in [3.8, 4) is 0 Å². The van der Waals surface area contributed by atoms with Crippen molar-refractivity contribution >= 4 is 11.8 Å². The molecule has 0 bridgehead atoms. The first-order valence-electron chi connectivity index (χ1n) is 3.63. The molecule has 1 rings (SSSR count). The quantitative estimate of drug-likeness (QED) is 0.515. The Hall–Kier alpha value is -0.170. The van der Waals surface area contributed by atoms with Gasteiger partial charge in [0.2, 0.25) is 0 Å². The van der Waals surface area contributed by atoms with Crippen LogP contribution < -0.4 is 0 Å². The summed E-state index contributed by atoms with van der Waals surface area (Å²) in [5.74, 6) is 0. The first kappa shape index (κ1) is 7.93. The van der Waals surface area contributed by atoms with Gasteiger partial charge in [-0.25, -0.2) is 0 Å². The van der Waals surface area contributed by atoms with E-state index in [1.54, 1.807) is 0 Å². The summed E-state index contributed by atoms with van der Waals surface area (Å²) in [6.45, 7) is 8.87. The zero-order chi connectivity index (χ0) is 7.72. The molecule has 0 saturated heterocycles. The van der Waals surface area contributed by atoms with Gasteiger partial charge in [0, 0.05) is 5.25 Å². The predicted octanol–water partition coefficient (Wildman–Crippen LogP) is 3.36. The van der Waals surface area contributed by atoms with Crippen LogP contribution >= 0.6 is 11.8 Å². The van der Waals surface area contributed by atoms with Gasteiger partial charge in [0.05, 0.1) is 0 Å². The van der Waals surface area contributed by atoms with Gasteiger partial charge in [0.15, 0.2) is 0 Å². The van der Waals surface area contributed by atoms with Crippen molar-refractivity contribution in [2.45, 2.75) is 32.9 Å². The maximum Gasteiger partial charge on any atom is 0.0272 e. The van der Waals surface area contributed by atoms with E-state index in [1.165, 1.54) is 16.7 Å². The van der Waals surface area contributed by atoms with E-state index < -0.39 is 0 Å². The Morgan fingerprint density at radius 1 is 1.30 bits per heavy atom. The first-order valence-corrected chi connectivity index (χ1v) is 4.57. The number of allylic oxidation sites excluding steroid dienone is 2. The predicted molar refractivity (Wildman–Crippen MR) is 49.2 cm³/mol. The highest BCUT2D eigenvalue weighted by atomic mass is 32.2. The summed E-state index contributed by atoms with van der Waals surface area (Å²) < 4.78 is 0. The third-order valence-electron chi connectivity index (χ3n) is 2.24. The maximum absolute atomic E-state index is 2.26. The van der Waals surface area contributed by atoms with E-state index in [-0.39, 0.29) is 0 Å². The summed E-state index contributed by atoms with van der Waals surface area (Å²) in [7, 11) is 0. The molecule has 1 unspecified atom stereocenters. The first-order chi connectivity index (χ1) is 4.63. The second-order valence-electron chi connectivity index (χ2n) is 2.89. The molecular weight excluding hydrogens is 140 g/mol. The Morgan fingerprint density at radius 3 is 2.40 bits per heavy atom. The molecule has 0 aromatic carbocycles. The van der Waals surface area contributed by atoms with Crippen molar-refractivity contribution in [1.29, 1.82) is 0 Å². The molecule has 56 valence electrons. The van der Waals surface area contributed by atoms with Crippen LogP contribution in [0.3, 0.4) is 0 Å². The van der Waals surface area contributed by atoms with Crippen molar-refractivity contribution in [3.63, 3.8) is 0 Å². The summed E-state index contributed by atoms with van der Waals surface area (Å²) in [5.41, 5.74) is 4.44. The van der Waals surface area contributed by atoms with Crippen LogP contribution in [0.15, 0.2) is 22.1 Å². The topological polar surface area (TPSA) is 0 Å². The Morgan fingerprint density at radius 2 is 1.90 bits per heavy atom. The summed E-state index contributed by atoms with van der Waals surface area (Å²) in [6, 6.07) is 0. The monoisotopic (exact) mass is 154 g/mol. The molecule has 0 N–H and O–H groups in total. The molecule has 0 aromatic heterocycles. The lowest BCUT2D eigenvalue weighted by Gasteiger charge is -2.19. The van der Waals surface area contributed by atoms with E-state index in [0.717, 1.165) is 0 Å². The van der Waals surface area contributed by atoms with Gasteiger partial charge in [-0.2, -0.15) is 0 Å². The zero-order valence-corrected chi connectivity index (χ0v) is 7.88. The minimum Gasteiger partial charge on any atom is -0.126 e. The van der Waals surface area contributed by atoms with Gasteiger partial charge >= 0.3 is 0 Å². The molecule has 0 aromatic rings. The largest absolute Gasteiger partial charge is 0.126 e. The third-order valence-corrected chi connectivity index (χ3v) is 3.49. The van der Waals surface area contributed by atoms with Gasteiger partial charge in [0.1, 0.15) is 0 Å². The molecule has 0 fully saturated rings. The van der Waals surface area contributed by atoms with Gasteiger partial charge in [0.25, 0.3) is 0 Å². The second kappa shape index (κ2) is 2.83. The molecule has 0 amide bonds. The molecule has 1 aliphatic heterocycles. The molecule has 10 heavy (non-hydrogen) atoms. The Bertz CT molecular complexity index is 199.